The van der Waals surface area contributed by atoms with Gasteiger partial charge in [0.2, 0.25) is 5.76 Å². The molecule has 2 aromatic carbocycles. The summed E-state index contributed by atoms with van der Waals surface area (Å²) in [6.45, 7) is 5.21. The van der Waals surface area contributed by atoms with Crippen LogP contribution >= 0.6 is 11.6 Å². The summed E-state index contributed by atoms with van der Waals surface area (Å²) in [5.74, 6) is -1.68. The van der Waals surface area contributed by atoms with Crippen molar-refractivity contribution < 1.29 is 18.7 Å². The Labute approximate surface area is 166 Å². The smallest absolute Gasteiger partial charge is 0.375 e. The Kier molecular flexibility index (Phi) is 5.51. The number of nitrogens with one attached hydrogen (secondary N) is 1. The zero-order valence-electron chi connectivity index (χ0n) is 15.5. The highest BCUT2D eigenvalue weighted by atomic mass is 35.5. The fraction of sp³-hybridized carbons (Fsp3) is 0.190. The largest absolute Gasteiger partial charge is 0.449 e. The number of ether oxygens (including phenoxy) is 1. The molecule has 0 fully saturated rings. The van der Waals surface area contributed by atoms with E-state index in [0.717, 1.165) is 17.2 Å². The molecule has 1 heterocycles. The summed E-state index contributed by atoms with van der Waals surface area (Å²) >= 11 is 5.87. The number of benzene rings is 2. The standard InChI is InChI=1S/C21H18ClNO5/c1-11-4-5-12(2)16(8-11)23-20(25)13(3)27-21(26)19-10-17(24)15-9-14(22)6-7-18(15)28-19/h4-10,13H,1-3H3,(H,23,25)/t13-/m0/s1. The molecule has 1 atom stereocenters. The first-order valence-corrected chi connectivity index (χ1v) is 8.95. The third-order valence-corrected chi connectivity index (χ3v) is 4.43. The van der Waals surface area contributed by atoms with Crippen LogP contribution in [-0.2, 0) is 9.53 Å². The fourth-order valence-electron chi connectivity index (χ4n) is 2.61. The van der Waals surface area contributed by atoms with Crippen molar-refractivity contribution in [3.05, 3.63) is 74.6 Å². The topological polar surface area (TPSA) is 85.6 Å². The van der Waals surface area contributed by atoms with E-state index < -0.39 is 23.4 Å². The van der Waals surface area contributed by atoms with Gasteiger partial charge in [0.15, 0.2) is 11.5 Å². The van der Waals surface area contributed by atoms with Gasteiger partial charge < -0.3 is 14.5 Å². The molecule has 1 N–H and O–H groups in total. The maximum Gasteiger partial charge on any atom is 0.375 e. The highest BCUT2D eigenvalue weighted by Gasteiger charge is 2.22. The Morgan fingerprint density at radius 2 is 1.86 bits per heavy atom. The van der Waals surface area contributed by atoms with Crippen molar-refractivity contribution >= 4 is 40.1 Å². The fourth-order valence-corrected chi connectivity index (χ4v) is 2.78. The highest BCUT2D eigenvalue weighted by molar-refractivity contribution is 6.31. The maximum atomic E-state index is 12.4. The number of fused-ring (bicyclic) bond motifs is 1. The van der Waals surface area contributed by atoms with E-state index in [4.69, 9.17) is 20.8 Å². The Bertz CT molecular complexity index is 1140. The lowest BCUT2D eigenvalue weighted by Gasteiger charge is -2.15. The number of amides is 1. The maximum absolute atomic E-state index is 12.4. The normalized spacial score (nSPS) is 11.9. The molecule has 0 aliphatic carbocycles. The van der Waals surface area contributed by atoms with Crippen LogP contribution in [-0.4, -0.2) is 18.0 Å². The molecule has 0 saturated heterocycles. The molecule has 3 rings (SSSR count). The zero-order chi connectivity index (χ0) is 20.4. The van der Waals surface area contributed by atoms with Gasteiger partial charge in [-0.15, -0.1) is 0 Å². The van der Waals surface area contributed by atoms with Crippen molar-refractivity contribution in [1.82, 2.24) is 0 Å². The van der Waals surface area contributed by atoms with E-state index >= 15 is 0 Å². The average molecular weight is 400 g/mol. The van der Waals surface area contributed by atoms with Crippen molar-refractivity contribution in [3.8, 4) is 0 Å². The lowest BCUT2D eigenvalue weighted by Crippen LogP contribution is -2.30. The number of rotatable bonds is 4. The van der Waals surface area contributed by atoms with Crippen LogP contribution in [0.2, 0.25) is 5.02 Å². The minimum atomic E-state index is -1.08. The predicted octanol–water partition coefficient (Wildman–Crippen LogP) is 4.25. The third kappa shape index (κ3) is 4.23. The molecule has 3 aromatic rings. The van der Waals surface area contributed by atoms with Crippen molar-refractivity contribution in [1.29, 1.82) is 0 Å². The number of anilines is 1. The molecular formula is C21H18ClNO5. The molecule has 0 saturated carbocycles. The summed E-state index contributed by atoms with van der Waals surface area (Å²) in [6.07, 6.45) is -1.08. The second kappa shape index (κ2) is 7.86. The van der Waals surface area contributed by atoms with Crippen molar-refractivity contribution in [2.24, 2.45) is 0 Å². The van der Waals surface area contributed by atoms with Crippen molar-refractivity contribution in [3.63, 3.8) is 0 Å². The molecule has 0 aliphatic rings. The van der Waals surface area contributed by atoms with Crippen LogP contribution in [0, 0.1) is 13.8 Å². The van der Waals surface area contributed by atoms with Crippen LogP contribution in [0.4, 0.5) is 5.69 Å². The molecule has 0 aliphatic heterocycles. The summed E-state index contributed by atoms with van der Waals surface area (Å²) in [4.78, 5) is 36.9. The quantitative estimate of drug-likeness (QED) is 0.663. The first-order chi connectivity index (χ1) is 13.2. The second-order valence-electron chi connectivity index (χ2n) is 6.47. The molecule has 0 unspecified atom stereocenters. The molecule has 0 spiro atoms. The SMILES string of the molecule is Cc1ccc(C)c(NC(=O)[C@H](C)OC(=O)c2cc(=O)c3cc(Cl)ccc3o2)c1. The third-order valence-electron chi connectivity index (χ3n) is 4.19. The van der Waals surface area contributed by atoms with Crippen LogP contribution in [0.25, 0.3) is 11.0 Å². The van der Waals surface area contributed by atoms with E-state index in [0.29, 0.717) is 10.7 Å². The van der Waals surface area contributed by atoms with E-state index in [9.17, 15) is 14.4 Å². The van der Waals surface area contributed by atoms with Crippen LogP contribution in [0.15, 0.2) is 51.7 Å². The van der Waals surface area contributed by atoms with Crippen molar-refractivity contribution in [2.45, 2.75) is 26.9 Å². The molecule has 0 radical (unpaired) electrons. The van der Waals surface area contributed by atoms with E-state index in [2.05, 4.69) is 5.32 Å². The lowest BCUT2D eigenvalue weighted by atomic mass is 10.1. The van der Waals surface area contributed by atoms with Gasteiger partial charge in [0.05, 0.1) is 5.39 Å². The summed E-state index contributed by atoms with van der Waals surface area (Å²) in [7, 11) is 0. The van der Waals surface area contributed by atoms with Gasteiger partial charge in [0.25, 0.3) is 5.91 Å². The van der Waals surface area contributed by atoms with Gasteiger partial charge in [-0.2, -0.15) is 0 Å². The van der Waals surface area contributed by atoms with Gasteiger partial charge in [-0.05, 0) is 56.2 Å². The van der Waals surface area contributed by atoms with Gasteiger partial charge in [-0.1, -0.05) is 23.7 Å². The van der Waals surface area contributed by atoms with Gasteiger partial charge in [0, 0.05) is 16.8 Å². The number of aryl methyl sites for hydroxylation is 2. The van der Waals surface area contributed by atoms with E-state index in [1.54, 1.807) is 6.07 Å². The minimum Gasteiger partial charge on any atom is -0.449 e. The number of esters is 1. The Hall–Kier alpha value is -3.12. The van der Waals surface area contributed by atoms with Crippen LogP contribution in [0.1, 0.15) is 28.6 Å². The van der Waals surface area contributed by atoms with E-state index in [1.165, 1.54) is 19.1 Å². The first kappa shape index (κ1) is 19.6. The number of hydrogen-bond donors (Lipinski definition) is 1. The second-order valence-corrected chi connectivity index (χ2v) is 6.91. The number of carbonyl (C=O) groups excluding carboxylic acids is 2. The molecular weight excluding hydrogens is 382 g/mol. The average Bonchev–Trinajstić information content (AvgIpc) is 2.65. The Morgan fingerprint density at radius 1 is 1.11 bits per heavy atom. The molecule has 1 aromatic heterocycles. The lowest BCUT2D eigenvalue weighted by molar-refractivity contribution is -0.123. The van der Waals surface area contributed by atoms with E-state index in [-0.39, 0.29) is 16.7 Å². The molecule has 6 nitrogen and oxygen atoms in total. The first-order valence-electron chi connectivity index (χ1n) is 8.57. The minimum absolute atomic E-state index is 0.205. The molecule has 144 valence electrons. The summed E-state index contributed by atoms with van der Waals surface area (Å²) in [6, 6.07) is 11.2. The van der Waals surface area contributed by atoms with Gasteiger partial charge in [-0.3, -0.25) is 9.59 Å². The number of halogens is 1. The summed E-state index contributed by atoms with van der Waals surface area (Å²) in [5.41, 5.74) is 2.29. The Morgan fingerprint density at radius 3 is 2.61 bits per heavy atom. The van der Waals surface area contributed by atoms with Crippen LogP contribution in [0.3, 0.4) is 0 Å². The monoisotopic (exact) mass is 399 g/mol. The van der Waals surface area contributed by atoms with Gasteiger partial charge >= 0.3 is 5.97 Å². The summed E-state index contributed by atoms with van der Waals surface area (Å²) < 4.78 is 10.6. The predicted molar refractivity (Wildman–Crippen MR) is 107 cm³/mol. The number of carbonyl (C=O) groups is 2. The van der Waals surface area contributed by atoms with Crippen LogP contribution < -0.4 is 10.7 Å². The van der Waals surface area contributed by atoms with Crippen molar-refractivity contribution in [2.75, 3.05) is 5.32 Å². The Balaban J connectivity index is 1.76. The van der Waals surface area contributed by atoms with Gasteiger partial charge in [0.1, 0.15) is 5.58 Å². The molecule has 1 amide bonds. The zero-order valence-corrected chi connectivity index (χ0v) is 16.3. The van der Waals surface area contributed by atoms with Gasteiger partial charge in [-0.25, -0.2) is 4.79 Å². The molecule has 7 heteroatoms. The molecule has 28 heavy (non-hydrogen) atoms. The number of hydrogen-bond acceptors (Lipinski definition) is 5. The van der Waals surface area contributed by atoms with E-state index in [1.807, 2.05) is 32.0 Å². The highest BCUT2D eigenvalue weighted by Crippen LogP contribution is 2.19. The van der Waals surface area contributed by atoms with Crippen LogP contribution in [0.5, 0.6) is 0 Å². The summed E-state index contributed by atoms with van der Waals surface area (Å²) in [5, 5.41) is 3.37. The molecule has 0 bridgehead atoms.